The molecule has 33 heavy (non-hydrogen) atoms. The van der Waals surface area contributed by atoms with E-state index in [1.165, 1.54) is 14.2 Å². The van der Waals surface area contributed by atoms with Gasteiger partial charge in [0.15, 0.2) is 0 Å². The quantitative estimate of drug-likeness (QED) is 0.437. The minimum absolute atomic E-state index is 0.197. The average molecular weight is 447 g/mol. The van der Waals surface area contributed by atoms with Crippen LogP contribution < -0.4 is 25.4 Å². The third-order valence-corrected chi connectivity index (χ3v) is 4.79. The summed E-state index contributed by atoms with van der Waals surface area (Å²) in [6.45, 7) is 0.585. The molecule has 3 amide bonds. The lowest BCUT2D eigenvalue weighted by Gasteiger charge is -2.11. The molecule has 3 rings (SSSR count). The van der Waals surface area contributed by atoms with Crippen molar-refractivity contribution in [2.45, 2.75) is 0 Å². The number of nitrogens with one attached hydrogen (secondary N) is 3. The van der Waals surface area contributed by atoms with E-state index in [9.17, 15) is 14.4 Å². The van der Waals surface area contributed by atoms with Gasteiger partial charge in [0.05, 0.1) is 19.8 Å². The van der Waals surface area contributed by atoms with Gasteiger partial charge in [-0.3, -0.25) is 14.4 Å². The zero-order valence-electron chi connectivity index (χ0n) is 18.4. The lowest BCUT2D eigenvalue weighted by Crippen LogP contribution is -2.34. The molecular formula is C25H25N3O5. The van der Waals surface area contributed by atoms with Crippen LogP contribution in [0, 0.1) is 0 Å². The van der Waals surface area contributed by atoms with Crippen molar-refractivity contribution in [3.8, 4) is 11.5 Å². The van der Waals surface area contributed by atoms with E-state index in [0.29, 0.717) is 40.4 Å². The molecule has 0 saturated heterocycles. The van der Waals surface area contributed by atoms with Crippen LogP contribution in [0.15, 0.2) is 72.8 Å². The van der Waals surface area contributed by atoms with E-state index < -0.39 is 0 Å². The van der Waals surface area contributed by atoms with E-state index >= 15 is 0 Å². The van der Waals surface area contributed by atoms with E-state index in [1.54, 1.807) is 66.7 Å². The van der Waals surface area contributed by atoms with Gasteiger partial charge in [-0.15, -0.1) is 0 Å². The molecule has 0 spiro atoms. The van der Waals surface area contributed by atoms with Gasteiger partial charge in [0, 0.05) is 29.9 Å². The summed E-state index contributed by atoms with van der Waals surface area (Å²) < 4.78 is 10.4. The Bertz CT molecular complexity index is 1110. The van der Waals surface area contributed by atoms with Crippen LogP contribution in [0.4, 0.5) is 5.69 Å². The second kappa shape index (κ2) is 11.3. The normalized spacial score (nSPS) is 10.1. The van der Waals surface area contributed by atoms with Crippen LogP contribution in [-0.2, 0) is 0 Å². The van der Waals surface area contributed by atoms with Crippen LogP contribution in [0.25, 0.3) is 0 Å². The Labute approximate surface area is 191 Å². The van der Waals surface area contributed by atoms with E-state index in [-0.39, 0.29) is 24.3 Å². The molecule has 0 radical (unpaired) electrons. The smallest absolute Gasteiger partial charge is 0.259 e. The Kier molecular flexibility index (Phi) is 8.02. The number of amides is 3. The molecule has 0 bridgehead atoms. The van der Waals surface area contributed by atoms with Gasteiger partial charge in [0.25, 0.3) is 17.7 Å². The molecule has 8 nitrogen and oxygen atoms in total. The highest BCUT2D eigenvalue weighted by Crippen LogP contribution is 2.25. The minimum atomic E-state index is -0.364. The van der Waals surface area contributed by atoms with Crippen LogP contribution in [0.2, 0.25) is 0 Å². The number of carbonyl (C=O) groups excluding carboxylic acids is 3. The van der Waals surface area contributed by atoms with Crippen LogP contribution in [-0.4, -0.2) is 45.0 Å². The summed E-state index contributed by atoms with van der Waals surface area (Å²) in [6.07, 6.45) is 0. The summed E-state index contributed by atoms with van der Waals surface area (Å²) >= 11 is 0. The first-order chi connectivity index (χ1) is 16.0. The van der Waals surface area contributed by atoms with Crippen molar-refractivity contribution in [2.75, 3.05) is 32.6 Å². The number of hydrogen-bond acceptors (Lipinski definition) is 5. The van der Waals surface area contributed by atoms with Crippen molar-refractivity contribution < 1.29 is 23.9 Å². The Balaban J connectivity index is 1.51. The highest BCUT2D eigenvalue weighted by molar-refractivity contribution is 6.06. The van der Waals surface area contributed by atoms with Gasteiger partial charge in [0.1, 0.15) is 11.5 Å². The van der Waals surface area contributed by atoms with Crippen molar-refractivity contribution >= 4 is 23.4 Å². The van der Waals surface area contributed by atoms with Gasteiger partial charge in [-0.2, -0.15) is 0 Å². The number of methoxy groups -OCH3 is 2. The predicted molar refractivity (Wildman–Crippen MR) is 125 cm³/mol. The van der Waals surface area contributed by atoms with Crippen molar-refractivity contribution in [3.05, 3.63) is 89.5 Å². The number of hydrogen-bond donors (Lipinski definition) is 3. The molecule has 0 aliphatic heterocycles. The van der Waals surface area contributed by atoms with Crippen LogP contribution in [0.3, 0.4) is 0 Å². The van der Waals surface area contributed by atoms with Gasteiger partial charge < -0.3 is 25.4 Å². The predicted octanol–water partition coefficient (Wildman–Crippen LogP) is 3.12. The molecule has 0 aromatic heterocycles. The summed E-state index contributed by atoms with van der Waals surface area (Å²) in [5.41, 5.74) is 1.85. The van der Waals surface area contributed by atoms with Gasteiger partial charge in [-0.1, -0.05) is 18.2 Å². The molecule has 3 N–H and O–H groups in total. The zero-order chi connectivity index (χ0) is 23.6. The van der Waals surface area contributed by atoms with E-state index in [0.717, 1.165) is 0 Å². The third-order valence-electron chi connectivity index (χ3n) is 4.79. The molecular weight excluding hydrogens is 422 g/mol. The van der Waals surface area contributed by atoms with Crippen molar-refractivity contribution in [1.29, 1.82) is 0 Å². The molecule has 3 aromatic carbocycles. The highest BCUT2D eigenvalue weighted by Gasteiger charge is 2.14. The second-order valence-corrected chi connectivity index (χ2v) is 6.98. The molecule has 0 fully saturated rings. The molecule has 170 valence electrons. The largest absolute Gasteiger partial charge is 0.497 e. The Morgan fingerprint density at radius 2 is 1.30 bits per heavy atom. The Morgan fingerprint density at radius 3 is 1.88 bits per heavy atom. The van der Waals surface area contributed by atoms with E-state index in [4.69, 9.17) is 9.47 Å². The van der Waals surface area contributed by atoms with Gasteiger partial charge in [0.2, 0.25) is 0 Å². The summed E-state index contributed by atoms with van der Waals surface area (Å²) in [7, 11) is 3.00. The number of anilines is 1. The number of carbonyl (C=O) groups is 3. The van der Waals surface area contributed by atoms with Crippen molar-refractivity contribution in [1.82, 2.24) is 10.6 Å². The fourth-order valence-corrected chi connectivity index (χ4v) is 3.04. The number of ether oxygens (including phenoxy) is 2. The molecule has 0 saturated carbocycles. The summed E-state index contributed by atoms with van der Waals surface area (Å²) in [5, 5.41) is 8.27. The number of benzene rings is 3. The average Bonchev–Trinajstić information content (AvgIpc) is 2.86. The first-order valence-electron chi connectivity index (χ1n) is 10.3. The fraction of sp³-hybridized carbons (Fsp3) is 0.160. The molecule has 0 atom stereocenters. The SMILES string of the molecule is COc1ccc(OC)c(C(=O)Nc2ccc(C(=O)NCCNC(=O)c3ccccc3)cc2)c1. The van der Waals surface area contributed by atoms with E-state index in [2.05, 4.69) is 16.0 Å². The highest BCUT2D eigenvalue weighted by atomic mass is 16.5. The first kappa shape index (κ1) is 23.3. The lowest BCUT2D eigenvalue weighted by atomic mass is 10.1. The summed E-state index contributed by atoms with van der Waals surface area (Å²) in [5.74, 6) is 0.114. The van der Waals surface area contributed by atoms with Crippen molar-refractivity contribution in [2.24, 2.45) is 0 Å². The van der Waals surface area contributed by atoms with E-state index in [1.807, 2.05) is 6.07 Å². The molecule has 0 aliphatic carbocycles. The maximum Gasteiger partial charge on any atom is 0.259 e. The fourth-order valence-electron chi connectivity index (χ4n) is 3.04. The van der Waals surface area contributed by atoms with Crippen LogP contribution in [0.5, 0.6) is 11.5 Å². The Morgan fingerprint density at radius 1 is 0.697 bits per heavy atom. The minimum Gasteiger partial charge on any atom is -0.497 e. The summed E-state index contributed by atoms with van der Waals surface area (Å²) in [4.78, 5) is 37.0. The topological polar surface area (TPSA) is 106 Å². The van der Waals surface area contributed by atoms with Gasteiger partial charge in [-0.05, 0) is 54.6 Å². The molecule has 0 heterocycles. The lowest BCUT2D eigenvalue weighted by molar-refractivity contribution is 0.0927. The Hall–Kier alpha value is -4.33. The first-order valence-corrected chi connectivity index (χ1v) is 10.3. The van der Waals surface area contributed by atoms with Crippen LogP contribution in [0.1, 0.15) is 31.1 Å². The standard InChI is InChI=1S/C25H25N3O5/c1-32-20-12-13-22(33-2)21(16-20)25(31)28-19-10-8-18(9-11-19)24(30)27-15-14-26-23(29)17-6-4-3-5-7-17/h3-13,16H,14-15H2,1-2H3,(H,26,29)(H,27,30)(H,28,31). The third kappa shape index (κ3) is 6.33. The van der Waals surface area contributed by atoms with Crippen molar-refractivity contribution in [3.63, 3.8) is 0 Å². The molecule has 0 unspecified atom stereocenters. The number of rotatable bonds is 9. The second-order valence-electron chi connectivity index (χ2n) is 6.98. The molecule has 8 heteroatoms. The zero-order valence-corrected chi connectivity index (χ0v) is 18.4. The monoisotopic (exact) mass is 447 g/mol. The van der Waals surface area contributed by atoms with Gasteiger partial charge >= 0.3 is 0 Å². The van der Waals surface area contributed by atoms with Gasteiger partial charge in [-0.25, -0.2) is 0 Å². The maximum atomic E-state index is 12.7. The molecule has 3 aromatic rings. The maximum absolute atomic E-state index is 12.7. The summed E-state index contributed by atoms with van der Waals surface area (Å²) in [6, 6.07) is 20.3. The molecule has 0 aliphatic rings. The van der Waals surface area contributed by atoms with Crippen LogP contribution >= 0.6 is 0 Å².